The molecule has 2 aromatic carbocycles. The first-order valence-electron chi connectivity index (χ1n) is 8.92. The van der Waals surface area contributed by atoms with Crippen molar-refractivity contribution in [1.29, 1.82) is 0 Å². The second-order valence-corrected chi connectivity index (χ2v) is 8.59. The minimum Gasteiger partial charge on any atom is -0.450 e. The Labute approximate surface area is 189 Å². The fourth-order valence-electron chi connectivity index (χ4n) is 2.42. The summed E-state index contributed by atoms with van der Waals surface area (Å²) < 4.78 is 38.3. The minimum atomic E-state index is -3.88. The van der Waals surface area contributed by atoms with Gasteiger partial charge < -0.3 is 9.47 Å². The number of carbonyl (C=O) groups is 1. The molecule has 1 amide bonds. The quantitative estimate of drug-likeness (QED) is 0.457. The average molecular weight is 482 g/mol. The van der Waals surface area contributed by atoms with Gasteiger partial charge in [-0.2, -0.15) is 0 Å². The zero-order valence-electron chi connectivity index (χ0n) is 16.1. The van der Waals surface area contributed by atoms with E-state index in [1.807, 2.05) is 0 Å². The highest BCUT2D eigenvalue weighted by atomic mass is 35.5. The van der Waals surface area contributed by atoms with E-state index in [9.17, 15) is 13.2 Å². The second-order valence-electron chi connectivity index (χ2n) is 6.03. The van der Waals surface area contributed by atoms with E-state index in [0.29, 0.717) is 10.0 Å². The largest absolute Gasteiger partial charge is 0.450 e. The first-order valence-corrected chi connectivity index (χ1v) is 11.2. The van der Waals surface area contributed by atoms with Crippen LogP contribution in [0.2, 0.25) is 10.0 Å². The molecule has 0 fully saturated rings. The van der Waals surface area contributed by atoms with Crippen LogP contribution < -0.4 is 14.8 Å². The van der Waals surface area contributed by atoms with Crippen molar-refractivity contribution in [2.75, 3.05) is 16.6 Å². The average Bonchev–Trinajstić information content (AvgIpc) is 2.72. The number of anilines is 2. The molecule has 3 rings (SSSR count). The first kappa shape index (κ1) is 22.7. The lowest BCUT2D eigenvalue weighted by Crippen LogP contribution is -2.15. The van der Waals surface area contributed by atoms with Gasteiger partial charge in [0.1, 0.15) is 0 Å². The maximum atomic E-state index is 12.6. The monoisotopic (exact) mass is 481 g/mol. The van der Waals surface area contributed by atoms with Crippen molar-refractivity contribution in [3.05, 3.63) is 70.8 Å². The molecule has 11 heteroatoms. The van der Waals surface area contributed by atoms with Gasteiger partial charge >= 0.3 is 6.09 Å². The molecular weight excluding hydrogens is 465 g/mol. The molecule has 0 aliphatic carbocycles. The zero-order chi connectivity index (χ0) is 22.4. The number of rotatable bonds is 7. The smallest absolute Gasteiger partial charge is 0.411 e. The summed E-state index contributed by atoms with van der Waals surface area (Å²) in [6.45, 7) is 1.81. The summed E-state index contributed by atoms with van der Waals surface area (Å²) in [5.74, 6) is 0.447. The minimum absolute atomic E-state index is 0.0301. The van der Waals surface area contributed by atoms with Crippen LogP contribution >= 0.6 is 23.2 Å². The van der Waals surface area contributed by atoms with Crippen molar-refractivity contribution >= 4 is 50.7 Å². The van der Waals surface area contributed by atoms with Gasteiger partial charge in [0, 0.05) is 17.3 Å². The van der Waals surface area contributed by atoms with Gasteiger partial charge in [-0.05, 0) is 55.5 Å². The molecule has 31 heavy (non-hydrogen) atoms. The third kappa shape index (κ3) is 6.24. The molecule has 1 heterocycles. The molecule has 2 N–H and O–H groups in total. The summed E-state index contributed by atoms with van der Waals surface area (Å²) in [6.07, 6.45) is 0.679. The van der Waals surface area contributed by atoms with Crippen LogP contribution in [0.5, 0.6) is 11.6 Å². The van der Waals surface area contributed by atoms with E-state index in [-0.39, 0.29) is 34.5 Å². The lowest BCUT2D eigenvalue weighted by atomic mass is 10.2. The van der Waals surface area contributed by atoms with E-state index in [0.717, 1.165) is 0 Å². The van der Waals surface area contributed by atoms with E-state index >= 15 is 0 Å². The number of halogens is 2. The third-order valence-corrected chi connectivity index (χ3v) is 5.66. The van der Waals surface area contributed by atoms with E-state index < -0.39 is 16.1 Å². The summed E-state index contributed by atoms with van der Waals surface area (Å²) in [6, 6.07) is 13.2. The van der Waals surface area contributed by atoms with Crippen LogP contribution in [0.25, 0.3) is 0 Å². The Kier molecular flexibility index (Phi) is 7.21. The highest BCUT2D eigenvalue weighted by Crippen LogP contribution is 2.33. The number of hydrogen-bond donors (Lipinski definition) is 2. The number of aromatic nitrogens is 1. The normalized spacial score (nSPS) is 10.9. The molecule has 0 bridgehead atoms. The van der Waals surface area contributed by atoms with Gasteiger partial charge in [-0.25, -0.2) is 18.2 Å². The Balaban J connectivity index is 1.90. The number of carbonyl (C=O) groups excluding carboxylic acids is 1. The lowest BCUT2D eigenvalue weighted by Gasteiger charge is -2.14. The summed E-state index contributed by atoms with van der Waals surface area (Å²) in [4.78, 5) is 16.0. The lowest BCUT2D eigenvalue weighted by molar-refractivity contribution is 0.168. The predicted octanol–water partition coefficient (Wildman–Crippen LogP) is 5.55. The number of ether oxygens (including phenoxy) is 2. The van der Waals surface area contributed by atoms with Crippen molar-refractivity contribution < 1.29 is 22.7 Å². The van der Waals surface area contributed by atoms with Crippen molar-refractivity contribution in [1.82, 2.24) is 4.98 Å². The van der Waals surface area contributed by atoms with Crippen molar-refractivity contribution in [2.24, 2.45) is 0 Å². The predicted molar refractivity (Wildman–Crippen MR) is 119 cm³/mol. The fraction of sp³-hybridized carbons (Fsp3) is 0.100. The Bertz CT molecular complexity index is 1170. The molecular formula is C20H17Cl2N3O5S. The topological polar surface area (TPSA) is 107 Å². The molecule has 0 saturated carbocycles. The van der Waals surface area contributed by atoms with Crippen LogP contribution in [0.3, 0.4) is 0 Å². The Hall–Kier alpha value is -3.01. The van der Waals surface area contributed by atoms with Gasteiger partial charge in [-0.1, -0.05) is 23.2 Å². The number of sulfonamides is 1. The maximum Gasteiger partial charge on any atom is 0.411 e. The Morgan fingerprint density at radius 3 is 2.39 bits per heavy atom. The number of nitrogens with zero attached hydrogens (tertiary/aromatic N) is 1. The van der Waals surface area contributed by atoms with Crippen molar-refractivity contribution in [2.45, 2.75) is 11.8 Å². The van der Waals surface area contributed by atoms with Crippen LogP contribution in [0, 0.1) is 0 Å². The molecule has 0 saturated heterocycles. The molecule has 0 atom stereocenters. The van der Waals surface area contributed by atoms with Crippen LogP contribution in [-0.2, 0) is 14.8 Å². The number of pyridine rings is 1. The van der Waals surface area contributed by atoms with E-state index in [1.165, 1.54) is 48.7 Å². The molecule has 1 aromatic heterocycles. The highest BCUT2D eigenvalue weighted by molar-refractivity contribution is 7.92. The molecule has 0 unspecified atom stereocenters. The molecule has 0 spiro atoms. The molecule has 162 valence electrons. The number of benzene rings is 2. The van der Waals surface area contributed by atoms with Crippen LogP contribution in [-0.4, -0.2) is 26.1 Å². The second kappa shape index (κ2) is 9.86. The van der Waals surface area contributed by atoms with Crippen molar-refractivity contribution in [3.63, 3.8) is 0 Å². The van der Waals surface area contributed by atoms with Crippen molar-refractivity contribution in [3.8, 4) is 11.6 Å². The summed E-state index contributed by atoms with van der Waals surface area (Å²) in [5.41, 5.74) is 0.365. The molecule has 0 aliphatic rings. The van der Waals surface area contributed by atoms with E-state index in [4.69, 9.17) is 32.7 Å². The molecule has 3 aromatic rings. The van der Waals surface area contributed by atoms with Crippen LogP contribution in [0.4, 0.5) is 16.2 Å². The SMILES string of the molecule is CCOC(=O)Nc1cc(NS(=O)(=O)c2ccc(Cl)cc2)ccc1Oc1ccc(Cl)cn1. The molecule has 0 radical (unpaired) electrons. The maximum absolute atomic E-state index is 12.6. The molecule has 0 aliphatic heterocycles. The van der Waals surface area contributed by atoms with Gasteiger partial charge in [0.25, 0.3) is 10.0 Å². The van der Waals surface area contributed by atoms with E-state index in [2.05, 4.69) is 15.0 Å². The Morgan fingerprint density at radius 2 is 1.74 bits per heavy atom. The number of hydrogen-bond acceptors (Lipinski definition) is 6. The highest BCUT2D eigenvalue weighted by Gasteiger charge is 2.17. The molecule has 8 nitrogen and oxygen atoms in total. The number of nitrogens with one attached hydrogen (secondary N) is 2. The van der Waals surface area contributed by atoms with Crippen LogP contribution in [0.1, 0.15) is 6.92 Å². The van der Waals surface area contributed by atoms with Gasteiger partial charge in [0.2, 0.25) is 5.88 Å². The third-order valence-electron chi connectivity index (χ3n) is 3.78. The first-order chi connectivity index (χ1) is 14.8. The standard InChI is InChI=1S/C20H17Cl2N3O5S/c1-2-29-20(26)24-17-11-15(25-31(27,28)16-7-3-13(21)4-8-16)6-9-18(17)30-19-10-5-14(22)12-23-19/h3-12,25H,2H2,1H3,(H,24,26). The number of amides is 1. The summed E-state index contributed by atoms with van der Waals surface area (Å²) in [7, 11) is -3.88. The van der Waals surface area contributed by atoms with E-state index in [1.54, 1.807) is 19.1 Å². The zero-order valence-corrected chi connectivity index (χ0v) is 18.5. The summed E-state index contributed by atoms with van der Waals surface area (Å²) >= 11 is 11.6. The van der Waals surface area contributed by atoms with Gasteiger partial charge in [-0.15, -0.1) is 0 Å². The summed E-state index contributed by atoms with van der Waals surface area (Å²) in [5, 5.41) is 3.37. The fourth-order valence-corrected chi connectivity index (χ4v) is 3.71. The van der Waals surface area contributed by atoms with Gasteiger partial charge in [0.05, 0.1) is 27.9 Å². The van der Waals surface area contributed by atoms with Crippen LogP contribution in [0.15, 0.2) is 65.7 Å². The Morgan fingerprint density at radius 1 is 1.03 bits per heavy atom. The van der Waals surface area contributed by atoms with Gasteiger partial charge in [-0.3, -0.25) is 10.0 Å². The van der Waals surface area contributed by atoms with Gasteiger partial charge in [0.15, 0.2) is 5.75 Å².